The first-order valence-corrected chi connectivity index (χ1v) is 14.0. The van der Waals surface area contributed by atoms with Crippen LogP contribution in [0, 0.1) is 5.82 Å². The summed E-state index contributed by atoms with van der Waals surface area (Å²) in [4.78, 5) is 10.6. The van der Waals surface area contributed by atoms with E-state index in [1.165, 1.54) is 71.0 Å². The molecule has 0 unspecified atom stereocenters. The van der Waals surface area contributed by atoms with Crippen LogP contribution in [0.3, 0.4) is 0 Å². The van der Waals surface area contributed by atoms with Crippen molar-refractivity contribution < 1.29 is 46.4 Å². The van der Waals surface area contributed by atoms with Crippen LogP contribution >= 0.6 is 0 Å². The summed E-state index contributed by atoms with van der Waals surface area (Å²) in [7, 11) is 9.25. The van der Waals surface area contributed by atoms with Crippen molar-refractivity contribution in [2.24, 2.45) is 0 Å². The van der Waals surface area contributed by atoms with E-state index < -0.39 is 29.4 Å². The van der Waals surface area contributed by atoms with E-state index in [0.29, 0.717) is 28.8 Å². The molecule has 1 N–H and O–H groups in total. The third-order valence-corrected chi connectivity index (χ3v) is 7.44. The lowest BCUT2D eigenvalue weighted by molar-refractivity contribution is -0.274. The number of nitrogens with zero attached hydrogens (tertiary/aromatic N) is 3. The Morgan fingerprint density at radius 1 is 0.826 bits per heavy atom. The molecule has 0 saturated carbocycles. The lowest BCUT2D eigenvalue weighted by atomic mass is 9.71. The van der Waals surface area contributed by atoms with E-state index in [0.717, 1.165) is 0 Å². The molecule has 4 rings (SSSR count). The molecule has 2 aromatic carbocycles. The number of hydrogen-bond donors (Lipinski definition) is 1. The molecule has 0 fully saturated rings. The maximum atomic E-state index is 16.3. The largest absolute Gasteiger partial charge is 0.573 e. The van der Waals surface area contributed by atoms with Gasteiger partial charge >= 0.3 is 6.36 Å². The fraction of sp³-hybridized carbons (Fsp3) is 0.333. The number of aromatic nitrogens is 2. The third kappa shape index (κ3) is 7.60. The zero-order chi connectivity index (χ0) is 33.6. The lowest BCUT2D eigenvalue weighted by Crippen LogP contribution is -2.38. The first kappa shape index (κ1) is 34.3. The minimum Gasteiger partial charge on any atom is -0.494 e. The average Bonchev–Trinajstić information content (AvgIpc) is 3.04. The van der Waals surface area contributed by atoms with E-state index in [1.807, 2.05) is 19.0 Å². The molecule has 0 aliphatic carbocycles. The lowest BCUT2D eigenvalue weighted by Gasteiger charge is -2.39. The SMILES string of the molecule is COc1cc([C@@](O)(CCN(C)C)[C@@H](c2cc(-c3ccc(OC(F)(F)F)cc3)cnc2OC)c2cccc(OC)c2F)cc(OC)n1. The van der Waals surface area contributed by atoms with Crippen molar-refractivity contribution in [1.29, 1.82) is 0 Å². The van der Waals surface area contributed by atoms with Crippen molar-refractivity contribution in [3.63, 3.8) is 0 Å². The summed E-state index contributed by atoms with van der Waals surface area (Å²) < 4.78 is 80.4. The number of benzene rings is 2. The average molecular weight is 646 g/mol. The summed E-state index contributed by atoms with van der Waals surface area (Å²) in [6.45, 7) is 0.363. The zero-order valence-electron chi connectivity index (χ0n) is 26.2. The van der Waals surface area contributed by atoms with Gasteiger partial charge in [-0.25, -0.2) is 9.37 Å². The van der Waals surface area contributed by atoms with Crippen molar-refractivity contribution in [2.45, 2.75) is 24.3 Å². The van der Waals surface area contributed by atoms with Crippen LogP contribution < -0.4 is 23.7 Å². The van der Waals surface area contributed by atoms with Gasteiger partial charge in [-0.1, -0.05) is 24.3 Å². The summed E-state index contributed by atoms with van der Waals surface area (Å²) in [5.74, 6) is -1.95. The van der Waals surface area contributed by atoms with Crippen LogP contribution in [-0.2, 0) is 5.60 Å². The molecule has 0 spiro atoms. The van der Waals surface area contributed by atoms with Gasteiger partial charge < -0.3 is 33.7 Å². The first-order valence-electron chi connectivity index (χ1n) is 14.0. The van der Waals surface area contributed by atoms with E-state index in [9.17, 15) is 18.3 Å². The van der Waals surface area contributed by atoms with Gasteiger partial charge in [-0.15, -0.1) is 13.2 Å². The second-order valence-corrected chi connectivity index (χ2v) is 10.6. The molecule has 2 heterocycles. The van der Waals surface area contributed by atoms with Gasteiger partial charge in [0.15, 0.2) is 11.6 Å². The molecule has 0 aliphatic rings. The number of ether oxygens (including phenoxy) is 5. The number of halogens is 4. The number of pyridine rings is 2. The van der Waals surface area contributed by atoms with Crippen LogP contribution in [0.25, 0.3) is 11.1 Å². The van der Waals surface area contributed by atoms with Crippen LogP contribution in [0.2, 0.25) is 0 Å². The minimum absolute atomic E-state index is 0.0503. The summed E-state index contributed by atoms with van der Waals surface area (Å²) in [5.41, 5.74) is -0.257. The Morgan fingerprint density at radius 2 is 1.48 bits per heavy atom. The summed E-state index contributed by atoms with van der Waals surface area (Å²) in [6, 6.07) is 14.6. The van der Waals surface area contributed by atoms with Crippen LogP contribution in [0.15, 0.2) is 66.9 Å². The van der Waals surface area contributed by atoms with E-state index in [4.69, 9.17) is 18.9 Å². The van der Waals surface area contributed by atoms with E-state index in [-0.39, 0.29) is 35.4 Å². The van der Waals surface area contributed by atoms with Gasteiger partial charge in [0, 0.05) is 41.6 Å². The van der Waals surface area contributed by atoms with Gasteiger partial charge in [0.2, 0.25) is 17.6 Å². The van der Waals surface area contributed by atoms with Gasteiger partial charge in [0.25, 0.3) is 0 Å². The number of aliphatic hydroxyl groups is 1. The highest BCUT2D eigenvalue weighted by molar-refractivity contribution is 5.66. The summed E-state index contributed by atoms with van der Waals surface area (Å²) in [6.07, 6.45) is -3.30. The van der Waals surface area contributed by atoms with Crippen molar-refractivity contribution in [2.75, 3.05) is 49.1 Å². The number of alkyl halides is 3. The number of hydrogen-bond acceptors (Lipinski definition) is 9. The molecule has 0 bridgehead atoms. The van der Waals surface area contributed by atoms with Crippen molar-refractivity contribution in [1.82, 2.24) is 14.9 Å². The minimum atomic E-state index is -4.85. The van der Waals surface area contributed by atoms with Crippen LogP contribution in [0.1, 0.15) is 29.0 Å². The maximum Gasteiger partial charge on any atom is 0.573 e. The van der Waals surface area contributed by atoms with E-state index >= 15 is 4.39 Å². The molecular weight excluding hydrogens is 610 g/mol. The molecule has 0 radical (unpaired) electrons. The molecule has 13 heteroatoms. The predicted octanol–water partition coefficient (Wildman–Crippen LogP) is 6.19. The molecule has 9 nitrogen and oxygen atoms in total. The van der Waals surface area contributed by atoms with Crippen molar-refractivity contribution in [3.05, 3.63) is 89.4 Å². The van der Waals surface area contributed by atoms with Gasteiger partial charge in [-0.2, -0.15) is 4.98 Å². The Kier molecular flexibility index (Phi) is 10.6. The number of methoxy groups -OCH3 is 4. The third-order valence-electron chi connectivity index (χ3n) is 7.44. The van der Waals surface area contributed by atoms with Gasteiger partial charge in [-0.3, -0.25) is 0 Å². The molecule has 246 valence electrons. The highest BCUT2D eigenvalue weighted by Gasteiger charge is 2.44. The molecule has 0 saturated heterocycles. The van der Waals surface area contributed by atoms with Crippen LogP contribution in [0.5, 0.6) is 29.1 Å². The molecule has 0 amide bonds. The van der Waals surface area contributed by atoms with Crippen molar-refractivity contribution in [3.8, 4) is 40.3 Å². The first-order chi connectivity index (χ1) is 21.8. The molecule has 0 aliphatic heterocycles. The van der Waals surface area contributed by atoms with Gasteiger partial charge in [-0.05, 0) is 55.9 Å². The predicted molar refractivity (Wildman–Crippen MR) is 162 cm³/mol. The Balaban J connectivity index is 2.03. The zero-order valence-corrected chi connectivity index (χ0v) is 26.2. The smallest absolute Gasteiger partial charge is 0.494 e. The van der Waals surface area contributed by atoms with Crippen LogP contribution in [0.4, 0.5) is 17.6 Å². The van der Waals surface area contributed by atoms with Gasteiger partial charge in [0.1, 0.15) is 11.4 Å². The fourth-order valence-corrected chi connectivity index (χ4v) is 5.23. The summed E-state index contributed by atoms with van der Waals surface area (Å²) >= 11 is 0. The second kappa shape index (κ2) is 14.2. The molecule has 2 atom stereocenters. The fourth-order valence-electron chi connectivity index (χ4n) is 5.23. The van der Waals surface area contributed by atoms with Crippen LogP contribution in [-0.4, -0.2) is 75.4 Å². The highest BCUT2D eigenvalue weighted by Crippen LogP contribution is 2.49. The molecule has 46 heavy (non-hydrogen) atoms. The van der Waals surface area contributed by atoms with E-state index in [1.54, 1.807) is 24.3 Å². The Morgan fingerprint density at radius 3 is 2.02 bits per heavy atom. The molecule has 2 aromatic heterocycles. The Labute approximate surface area is 264 Å². The normalized spacial score (nSPS) is 13.6. The van der Waals surface area contributed by atoms with Gasteiger partial charge in [0.05, 0.1) is 34.4 Å². The summed E-state index contributed by atoms with van der Waals surface area (Å²) in [5, 5.41) is 13.0. The molecule has 4 aromatic rings. The Bertz CT molecular complexity index is 1610. The maximum absolute atomic E-state index is 16.3. The molecular formula is C33H35F4N3O6. The van der Waals surface area contributed by atoms with E-state index in [2.05, 4.69) is 14.7 Å². The second-order valence-electron chi connectivity index (χ2n) is 10.6. The highest BCUT2D eigenvalue weighted by atomic mass is 19.4. The quantitative estimate of drug-likeness (QED) is 0.171. The topological polar surface area (TPSA) is 95.4 Å². The standard InChI is InChI=1S/C33H35F4N3O6/c1-40(2)15-14-32(41,22-17-27(43-4)39-28(18-22)44-5)29(24-8-7-9-26(42-3)30(24)34)25-16-21(19-38-31(25)45-6)20-10-12-23(13-11-20)46-33(35,36)37/h7-13,16-19,29,41H,14-15H2,1-6H3/t29-,32+/m1/s1. The monoisotopic (exact) mass is 645 g/mol. The Hall–Kier alpha value is -4.62. The van der Waals surface area contributed by atoms with Crippen molar-refractivity contribution >= 4 is 0 Å². The number of rotatable bonds is 13.